The first-order valence-corrected chi connectivity index (χ1v) is 43.1. The van der Waals surface area contributed by atoms with Gasteiger partial charge in [-0.1, -0.05) is 166 Å². The number of carbonyl (C=O) groups is 10. The van der Waals surface area contributed by atoms with Crippen molar-refractivity contribution >= 4 is 68.6 Å². The number of nitrogens with zero attached hydrogens (tertiary/aromatic N) is 5. The van der Waals surface area contributed by atoms with Gasteiger partial charge in [0, 0.05) is 45.2 Å². The van der Waals surface area contributed by atoms with Crippen LogP contribution in [-0.2, 0) is 97.5 Å². The Balaban J connectivity index is 0.000000273. The lowest BCUT2D eigenvalue weighted by Gasteiger charge is -2.38. The quantitative estimate of drug-likeness (QED) is 0.0233. The van der Waals surface area contributed by atoms with E-state index in [-0.39, 0.29) is 83.5 Å². The molecule has 670 valence electrons. The van der Waals surface area contributed by atoms with Crippen LogP contribution in [0.25, 0.3) is 0 Å². The van der Waals surface area contributed by atoms with Crippen molar-refractivity contribution in [2.75, 3.05) is 52.5 Å². The summed E-state index contributed by atoms with van der Waals surface area (Å²) < 4.78 is 54.2. The Morgan fingerprint density at radius 1 is 0.372 bits per heavy atom. The average Bonchev–Trinajstić information content (AvgIpc) is 1.64. The standard InChI is InChI=1S/C24H39NO6Si.2C18H25NO6.C18H23NO4.C11H17NO4/c1-22(2,3)31-21(27)25-16-24(28,17-30-32(7,8)23(4,5)6)14-19(25)20(26)29-15-18-12-10-9-11-13-18;2*1-17(2,3)25-16(22)19-11-18(23,12-20)9-14(19)15(21)24-10-13-7-5-4-6-8-13;1-13-10-15(19(11-13)17(21)23-18(2,3)4)16(20)22-12-14-8-6-5-7-9-14;1-7-5-8(9(13)14)12(6-7)10(15)16-11(2,3)4/h9-13,19,28H,14-17H2,1-8H3;2*4-8,14,20,23H,9-12H2,1-3H3;5-9,15H,1,10-12H2,2-4H3;8H,1,5-6H2,2-4H3,(H,13,14)/t19-,24+;14-,18+;14-,18-;15-;8-/m00000/s1. The number of β-amino-alcohol motifs (C(OH)–C–C–N with tert-alkyl or cyclic N) is 3. The second-order valence-electron chi connectivity index (χ2n) is 37.4. The Labute approximate surface area is 712 Å². The van der Waals surface area contributed by atoms with Crippen LogP contribution in [0.5, 0.6) is 0 Å². The van der Waals surface area contributed by atoms with Gasteiger partial charge in [-0.15, -0.1) is 0 Å². The van der Waals surface area contributed by atoms with Gasteiger partial charge in [0.15, 0.2) is 8.32 Å². The second-order valence-corrected chi connectivity index (χ2v) is 42.2. The predicted octanol–water partition coefficient (Wildman–Crippen LogP) is 12.3. The van der Waals surface area contributed by atoms with Crippen LogP contribution in [0.1, 0.15) is 179 Å². The molecule has 0 bridgehead atoms. The van der Waals surface area contributed by atoms with Crippen molar-refractivity contribution in [3.8, 4) is 0 Å². The summed E-state index contributed by atoms with van der Waals surface area (Å²) in [7, 11) is -2.13. The van der Waals surface area contributed by atoms with Gasteiger partial charge in [-0.3, -0.25) is 24.5 Å². The van der Waals surface area contributed by atoms with Gasteiger partial charge in [0.2, 0.25) is 0 Å². The van der Waals surface area contributed by atoms with E-state index in [2.05, 4.69) is 47.0 Å². The highest BCUT2D eigenvalue weighted by atomic mass is 28.4. The Kier molecular flexibility index (Phi) is 35.9. The molecule has 121 heavy (non-hydrogen) atoms. The van der Waals surface area contributed by atoms with Crippen LogP contribution in [0.2, 0.25) is 18.1 Å². The molecule has 5 fully saturated rings. The fraction of sp³-hybridized carbons (Fsp3) is 0.573. The largest absolute Gasteiger partial charge is 0.480 e. The first-order valence-electron chi connectivity index (χ1n) is 40.2. The zero-order valence-electron chi connectivity index (χ0n) is 74.0. The first-order chi connectivity index (χ1) is 55.8. The number of aliphatic hydroxyl groups excluding tert-OH is 2. The summed E-state index contributed by atoms with van der Waals surface area (Å²) in [6.45, 7) is 43.8. The van der Waals surface area contributed by atoms with E-state index in [1.807, 2.05) is 121 Å². The number of carboxylic acid groups (broad SMARTS) is 1. The number of aliphatic hydroxyl groups is 5. The van der Waals surface area contributed by atoms with Gasteiger partial charge in [-0.25, -0.2) is 47.9 Å². The molecular formula is C89H129N5O26Si. The van der Waals surface area contributed by atoms with Crippen LogP contribution < -0.4 is 0 Å². The van der Waals surface area contributed by atoms with E-state index in [0.717, 1.165) is 43.2 Å². The molecule has 0 aliphatic carbocycles. The zero-order chi connectivity index (χ0) is 91.2. The monoisotopic (exact) mass is 1710 g/mol. The molecular weight excluding hydrogens is 1580 g/mol. The molecule has 0 spiro atoms. The number of carboxylic acids is 1. The zero-order valence-corrected chi connectivity index (χ0v) is 75.0. The maximum atomic E-state index is 12.9. The minimum atomic E-state index is -2.13. The van der Waals surface area contributed by atoms with Crippen LogP contribution in [0.15, 0.2) is 146 Å². The van der Waals surface area contributed by atoms with Crippen LogP contribution in [-0.4, -0.2) is 251 Å². The number of amides is 5. The van der Waals surface area contributed by atoms with Crippen molar-refractivity contribution in [1.29, 1.82) is 0 Å². The van der Waals surface area contributed by atoms with Crippen molar-refractivity contribution in [3.05, 3.63) is 168 Å². The van der Waals surface area contributed by atoms with Gasteiger partial charge in [0.05, 0.1) is 39.5 Å². The molecule has 31 nitrogen and oxygen atoms in total. The van der Waals surface area contributed by atoms with Gasteiger partial charge in [0.25, 0.3) is 0 Å². The van der Waals surface area contributed by atoms with Gasteiger partial charge in [0.1, 0.15) is 101 Å². The fourth-order valence-electron chi connectivity index (χ4n) is 12.3. The van der Waals surface area contributed by atoms with E-state index in [1.54, 1.807) is 104 Å². The lowest BCUT2D eigenvalue weighted by Crippen LogP contribution is -2.48. The molecule has 0 saturated carbocycles. The normalized spacial score (nSPS) is 21.7. The van der Waals surface area contributed by atoms with Crippen molar-refractivity contribution in [1.82, 2.24) is 24.5 Å². The molecule has 4 aromatic rings. The summed E-state index contributed by atoms with van der Waals surface area (Å²) in [6, 6.07) is 32.6. The molecule has 5 saturated heterocycles. The maximum absolute atomic E-state index is 12.9. The van der Waals surface area contributed by atoms with Gasteiger partial charge in [-0.2, -0.15) is 0 Å². The number of aliphatic carboxylic acids is 1. The molecule has 0 aromatic heterocycles. The number of ether oxygens (including phenoxy) is 9. The lowest BCUT2D eigenvalue weighted by molar-refractivity contribution is -0.151. The van der Waals surface area contributed by atoms with Crippen molar-refractivity contribution in [2.24, 2.45) is 0 Å². The summed E-state index contributed by atoms with van der Waals surface area (Å²) in [5.41, 5.74) is -2.96. The first kappa shape index (κ1) is 102. The van der Waals surface area contributed by atoms with E-state index in [4.69, 9.17) is 52.2 Å². The average molecular weight is 1710 g/mol. The minimum absolute atomic E-state index is 0.0270. The molecule has 4 aromatic carbocycles. The van der Waals surface area contributed by atoms with Crippen LogP contribution in [0, 0.1) is 0 Å². The third-order valence-corrected chi connectivity index (χ3v) is 23.7. The molecule has 5 amide bonds. The summed E-state index contributed by atoms with van der Waals surface area (Å²) >= 11 is 0. The number of carbonyl (C=O) groups excluding carboxylic acids is 9. The summed E-state index contributed by atoms with van der Waals surface area (Å²) in [5, 5.41) is 59.6. The van der Waals surface area contributed by atoms with E-state index < -0.39 is 157 Å². The molecule has 0 unspecified atom stereocenters. The molecule has 9 rings (SSSR count). The Bertz CT molecular complexity index is 4040. The number of hydrogen-bond acceptors (Lipinski definition) is 25. The number of rotatable bonds is 18. The number of hydrogen-bond donors (Lipinski definition) is 6. The van der Waals surface area contributed by atoms with Crippen molar-refractivity contribution in [2.45, 2.75) is 276 Å². The fourth-order valence-corrected chi connectivity index (χ4v) is 13.3. The van der Waals surface area contributed by atoms with E-state index in [1.165, 1.54) is 14.7 Å². The Morgan fingerprint density at radius 3 is 0.851 bits per heavy atom. The van der Waals surface area contributed by atoms with E-state index in [0.29, 0.717) is 19.4 Å². The summed E-state index contributed by atoms with van der Waals surface area (Å²) in [6.07, 6.45) is -2.67. The predicted molar refractivity (Wildman–Crippen MR) is 450 cm³/mol. The van der Waals surface area contributed by atoms with E-state index >= 15 is 0 Å². The third-order valence-electron chi connectivity index (χ3n) is 19.3. The van der Waals surface area contributed by atoms with Crippen molar-refractivity contribution in [3.63, 3.8) is 0 Å². The van der Waals surface area contributed by atoms with Gasteiger partial charge < -0.3 is 77.7 Å². The second kappa shape index (κ2) is 42.7. The Hall–Kier alpha value is -9.96. The van der Waals surface area contributed by atoms with Gasteiger partial charge in [-0.05, 0) is 144 Å². The summed E-state index contributed by atoms with van der Waals surface area (Å²) in [4.78, 5) is 129. The van der Waals surface area contributed by atoms with Crippen LogP contribution in [0.3, 0.4) is 0 Å². The number of benzene rings is 4. The minimum Gasteiger partial charge on any atom is -0.480 e. The molecule has 5 aliphatic heterocycles. The smallest absolute Gasteiger partial charge is 0.411 e. The van der Waals surface area contributed by atoms with Gasteiger partial charge >= 0.3 is 60.3 Å². The molecule has 6 N–H and O–H groups in total. The lowest BCUT2D eigenvalue weighted by atomic mass is 10.0. The van der Waals surface area contributed by atoms with Crippen LogP contribution in [0.4, 0.5) is 24.0 Å². The highest BCUT2D eigenvalue weighted by molar-refractivity contribution is 6.74. The topological polar surface area (TPSA) is 401 Å². The number of esters is 4. The Morgan fingerprint density at radius 2 is 0.603 bits per heavy atom. The molecule has 0 radical (unpaired) electrons. The molecule has 8 atom stereocenters. The SMILES string of the molecule is C=C1C[C@@H](C(=O)O)N(C(=O)OC(C)(C)C)C1.C=C1C[C@@H](C(=O)OCc2ccccc2)N(C(=O)OC(C)(C)C)C1.CC(C)(C)OC(=O)N1C[C@@](O)(CO)C[C@H]1C(=O)OCc1ccccc1.CC(C)(C)OC(=O)N1C[C@@](O)(CO[Si](C)(C)C(C)(C)C)C[C@H]1C(=O)OCc1ccccc1.CC(C)(C)OC(=O)N1C[C@](O)(CO)C[C@H]1C(=O)OCc1ccccc1. The molecule has 5 heterocycles. The maximum Gasteiger partial charge on any atom is 0.411 e. The number of likely N-dealkylation sites (tertiary alicyclic amines) is 5. The highest BCUT2D eigenvalue weighted by Gasteiger charge is 2.54. The highest BCUT2D eigenvalue weighted by Crippen LogP contribution is 2.40. The molecule has 32 heteroatoms. The van der Waals surface area contributed by atoms with Crippen molar-refractivity contribution < 1.29 is 126 Å². The van der Waals surface area contributed by atoms with Crippen LogP contribution >= 0.6 is 0 Å². The summed E-state index contributed by atoms with van der Waals surface area (Å²) in [5.74, 6) is -3.30. The third kappa shape index (κ3) is 33.8. The molecule has 5 aliphatic rings. The van der Waals surface area contributed by atoms with E-state index in [9.17, 15) is 73.5 Å².